The molecule has 0 spiro atoms. The van der Waals surface area contributed by atoms with Gasteiger partial charge in [-0.25, -0.2) is 4.98 Å². The van der Waals surface area contributed by atoms with Gasteiger partial charge in [0.25, 0.3) is 0 Å². The quantitative estimate of drug-likeness (QED) is 0.411. The van der Waals surface area contributed by atoms with E-state index in [2.05, 4.69) is 20.6 Å². The Kier molecular flexibility index (Phi) is 9.41. The van der Waals surface area contributed by atoms with Crippen LogP contribution in [0.15, 0.2) is 42.9 Å². The lowest BCUT2D eigenvalue weighted by Crippen LogP contribution is -2.33. The highest BCUT2D eigenvalue weighted by atomic mass is 16.4. The minimum Gasteiger partial charge on any atom is -0.481 e. The van der Waals surface area contributed by atoms with Crippen molar-refractivity contribution in [3.05, 3.63) is 54.1 Å². The maximum atomic E-state index is 12.2. The molecule has 1 aromatic heterocycles. The number of aryl methyl sites for hydroxylation is 1. The van der Waals surface area contributed by atoms with E-state index in [1.165, 1.54) is 11.9 Å². The largest absolute Gasteiger partial charge is 0.481 e. The van der Waals surface area contributed by atoms with Crippen LogP contribution < -0.4 is 10.6 Å². The van der Waals surface area contributed by atoms with Gasteiger partial charge in [-0.15, -0.1) is 0 Å². The Morgan fingerprint density at radius 3 is 2.52 bits per heavy atom. The van der Waals surface area contributed by atoms with E-state index in [4.69, 9.17) is 5.11 Å². The predicted octanol–water partition coefficient (Wildman–Crippen LogP) is 2.35. The van der Waals surface area contributed by atoms with E-state index in [0.29, 0.717) is 19.3 Å². The van der Waals surface area contributed by atoms with Gasteiger partial charge < -0.3 is 20.7 Å². The molecule has 0 bridgehead atoms. The molecule has 1 atom stereocenters. The molecular formula is C21H28N4O4. The van der Waals surface area contributed by atoms with Crippen LogP contribution in [0.3, 0.4) is 0 Å². The fraction of sp³-hybridized carbons (Fsp3) is 0.429. The number of carboxylic acids is 1. The molecule has 2 amide bonds. The molecule has 0 aliphatic heterocycles. The number of aliphatic carboxylic acids is 1. The Hall–Kier alpha value is -3.16. The molecule has 4 N–H and O–H groups in total. The number of imidazole rings is 1. The Balaban J connectivity index is 1.65. The van der Waals surface area contributed by atoms with Gasteiger partial charge in [-0.1, -0.05) is 30.3 Å². The standard InChI is InChI=1S/C21H28N4O4/c26-19(10-4-8-16-6-2-1-3-7-16)23-13-12-20(27)25-17(9-5-11-21(28)29)18-14-22-15-24-18/h1-3,6-7,14-15,17H,4-5,8-13H2,(H,22,24)(H,23,26)(H,25,27)(H,28,29). The van der Waals surface area contributed by atoms with Gasteiger partial charge in [0, 0.05) is 25.8 Å². The summed E-state index contributed by atoms with van der Waals surface area (Å²) in [6.45, 7) is 0.265. The number of carbonyl (C=O) groups excluding carboxylic acids is 2. The maximum Gasteiger partial charge on any atom is 0.303 e. The van der Waals surface area contributed by atoms with Crippen molar-refractivity contribution in [3.8, 4) is 0 Å². The van der Waals surface area contributed by atoms with Crippen molar-refractivity contribution in [2.45, 2.75) is 51.0 Å². The number of carboxylic acid groups (broad SMARTS) is 1. The van der Waals surface area contributed by atoms with Crippen molar-refractivity contribution < 1.29 is 19.5 Å². The van der Waals surface area contributed by atoms with Crippen LogP contribution in [0.4, 0.5) is 0 Å². The number of carbonyl (C=O) groups is 3. The van der Waals surface area contributed by atoms with E-state index in [-0.39, 0.29) is 37.2 Å². The molecule has 8 nitrogen and oxygen atoms in total. The van der Waals surface area contributed by atoms with Crippen LogP contribution in [0.5, 0.6) is 0 Å². The molecule has 0 aliphatic rings. The molecule has 1 unspecified atom stereocenters. The number of hydrogen-bond acceptors (Lipinski definition) is 4. The second kappa shape index (κ2) is 12.3. The summed E-state index contributed by atoms with van der Waals surface area (Å²) >= 11 is 0. The summed E-state index contributed by atoms with van der Waals surface area (Å²) in [5.41, 5.74) is 1.93. The SMILES string of the molecule is O=C(O)CCCC(NC(=O)CCNC(=O)CCCc1ccccc1)c1cnc[nH]1. The zero-order chi connectivity index (χ0) is 20.9. The second-order valence-electron chi connectivity index (χ2n) is 6.85. The minimum absolute atomic E-state index is 0.0412. The maximum absolute atomic E-state index is 12.2. The van der Waals surface area contributed by atoms with Crippen LogP contribution in [0.1, 0.15) is 55.8 Å². The van der Waals surface area contributed by atoms with Gasteiger partial charge in [0.15, 0.2) is 0 Å². The van der Waals surface area contributed by atoms with E-state index in [1.54, 1.807) is 6.20 Å². The Morgan fingerprint density at radius 1 is 1.03 bits per heavy atom. The minimum atomic E-state index is -0.866. The van der Waals surface area contributed by atoms with Gasteiger partial charge in [0.05, 0.1) is 24.3 Å². The lowest BCUT2D eigenvalue weighted by Gasteiger charge is -2.17. The third-order valence-electron chi connectivity index (χ3n) is 4.50. The number of rotatable bonds is 13. The van der Waals surface area contributed by atoms with Gasteiger partial charge >= 0.3 is 5.97 Å². The third-order valence-corrected chi connectivity index (χ3v) is 4.50. The number of nitrogens with one attached hydrogen (secondary N) is 3. The molecule has 8 heteroatoms. The average Bonchev–Trinajstić information content (AvgIpc) is 3.22. The van der Waals surface area contributed by atoms with Crippen LogP contribution in [0.25, 0.3) is 0 Å². The van der Waals surface area contributed by atoms with Gasteiger partial charge in [0.1, 0.15) is 0 Å². The summed E-state index contributed by atoms with van der Waals surface area (Å²) < 4.78 is 0. The van der Waals surface area contributed by atoms with E-state index < -0.39 is 5.97 Å². The van der Waals surface area contributed by atoms with Crippen LogP contribution >= 0.6 is 0 Å². The van der Waals surface area contributed by atoms with Crippen LogP contribution in [-0.4, -0.2) is 39.4 Å². The molecule has 156 valence electrons. The molecular weight excluding hydrogens is 372 g/mol. The number of H-pyrrole nitrogens is 1. The summed E-state index contributed by atoms with van der Waals surface area (Å²) in [6, 6.07) is 9.66. The van der Waals surface area contributed by atoms with Crippen molar-refractivity contribution in [2.24, 2.45) is 0 Å². The highest BCUT2D eigenvalue weighted by Crippen LogP contribution is 2.17. The van der Waals surface area contributed by atoms with Crippen molar-refractivity contribution in [3.63, 3.8) is 0 Å². The number of nitrogens with zero attached hydrogens (tertiary/aromatic N) is 1. The first-order chi connectivity index (χ1) is 14.0. The normalized spacial score (nSPS) is 11.6. The van der Waals surface area contributed by atoms with Gasteiger partial charge in [0.2, 0.25) is 11.8 Å². The van der Waals surface area contributed by atoms with E-state index in [1.807, 2.05) is 30.3 Å². The van der Waals surface area contributed by atoms with Crippen molar-refractivity contribution in [2.75, 3.05) is 6.54 Å². The predicted molar refractivity (Wildman–Crippen MR) is 108 cm³/mol. The summed E-state index contributed by atoms with van der Waals surface area (Å²) in [5, 5.41) is 14.4. The topological polar surface area (TPSA) is 124 Å². The third kappa shape index (κ3) is 9.05. The molecule has 2 aromatic rings. The highest BCUT2D eigenvalue weighted by molar-refractivity contribution is 5.79. The Morgan fingerprint density at radius 2 is 1.83 bits per heavy atom. The fourth-order valence-electron chi connectivity index (χ4n) is 2.99. The van der Waals surface area contributed by atoms with Crippen LogP contribution in [0.2, 0.25) is 0 Å². The number of amides is 2. The fourth-order valence-corrected chi connectivity index (χ4v) is 2.99. The lowest BCUT2D eigenvalue weighted by atomic mass is 10.1. The zero-order valence-corrected chi connectivity index (χ0v) is 16.4. The molecule has 0 saturated carbocycles. The molecule has 0 aliphatic carbocycles. The monoisotopic (exact) mass is 400 g/mol. The number of hydrogen-bond donors (Lipinski definition) is 4. The zero-order valence-electron chi connectivity index (χ0n) is 16.4. The summed E-state index contributed by atoms with van der Waals surface area (Å²) in [4.78, 5) is 41.7. The van der Waals surface area contributed by atoms with Gasteiger partial charge in [-0.2, -0.15) is 0 Å². The molecule has 1 heterocycles. The summed E-state index contributed by atoms with van der Waals surface area (Å²) in [5.74, 6) is -1.14. The van der Waals surface area contributed by atoms with E-state index >= 15 is 0 Å². The first kappa shape index (κ1) is 22.1. The molecule has 0 saturated heterocycles. The summed E-state index contributed by atoms with van der Waals surface area (Å²) in [6.07, 6.45) is 6.28. The highest BCUT2D eigenvalue weighted by Gasteiger charge is 2.16. The molecule has 0 fully saturated rings. The Labute approximate surface area is 170 Å². The van der Waals surface area contributed by atoms with E-state index in [9.17, 15) is 14.4 Å². The average molecular weight is 400 g/mol. The van der Waals surface area contributed by atoms with Crippen molar-refractivity contribution in [1.29, 1.82) is 0 Å². The number of benzene rings is 1. The van der Waals surface area contributed by atoms with Crippen molar-refractivity contribution in [1.82, 2.24) is 20.6 Å². The Bertz CT molecular complexity index is 762. The van der Waals surface area contributed by atoms with E-state index in [0.717, 1.165) is 18.5 Å². The molecule has 29 heavy (non-hydrogen) atoms. The van der Waals surface area contributed by atoms with Gasteiger partial charge in [-0.3, -0.25) is 14.4 Å². The van der Waals surface area contributed by atoms with Crippen molar-refractivity contribution >= 4 is 17.8 Å². The van der Waals surface area contributed by atoms with Crippen LogP contribution in [-0.2, 0) is 20.8 Å². The van der Waals surface area contributed by atoms with Crippen LogP contribution in [0, 0.1) is 0 Å². The first-order valence-corrected chi connectivity index (χ1v) is 9.84. The summed E-state index contributed by atoms with van der Waals surface area (Å²) in [7, 11) is 0. The van der Waals surface area contributed by atoms with Gasteiger partial charge in [-0.05, 0) is 31.2 Å². The smallest absolute Gasteiger partial charge is 0.303 e. The molecule has 0 radical (unpaired) electrons. The second-order valence-corrected chi connectivity index (χ2v) is 6.85. The lowest BCUT2D eigenvalue weighted by molar-refractivity contribution is -0.137. The number of aromatic amines is 1. The first-order valence-electron chi connectivity index (χ1n) is 9.84. The molecule has 1 aromatic carbocycles. The number of aromatic nitrogens is 2. The molecule has 2 rings (SSSR count).